The van der Waals surface area contributed by atoms with E-state index in [-0.39, 0.29) is 23.0 Å². The van der Waals surface area contributed by atoms with Crippen molar-refractivity contribution in [1.29, 1.82) is 0 Å². The fourth-order valence-electron chi connectivity index (χ4n) is 3.75. The summed E-state index contributed by atoms with van der Waals surface area (Å²) in [5.41, 5.74) is 3.97. The first-order chi connectivity index (χ1) is 15.8. The second-order valence-electron chi connectivity index (χ2n) is 7.96. The van der Waals surface area contributed by atoms with Gasteiger partial charge in [0.15, 0.2) is 5.16 Å². The minimum absolute atomic E-state index is 0.111. The first kappa shape index (κ1) is 22.7. The number of para-hydroxylation sites is 2. The van der Waals surface area contributed by atoms with E-state index >= 15 is 0 Å². The molecule has 7 heteroatoms. The lowest BCUT2D eigenvalue weighted by atomic mass is 10.1. The number of aromatic nitrogens is 2. The zero-order chi connectivity index (χ0) is 23.5. The van der Waals surface area contributed by atoms with Crippen molar-refractivity contribution in [2.45, 2.75) is 25.5 Å². The van der Waals surface area contributed by atoms with E-state index in [1.54, 1.807) is 40.8 Å². The minimum Gasteiger partial charge on any atom is -0.341 e. The molecular formula is C26H24FN3O2S. The molecule has 4 rings (SSSR count). The Morgan fingerprint density at radius 1 is 1.00 bits per heavy atom. The zero-order valence-electron chi connectivity index (χ0n) is 18.7. The molecule has 3 aromatic carbocycles. The maximum absolute atomic E-state index is 13.5. The molecule has 0 N–H and O–H groups in total. The molecule has 0 aliphatic heterocycles. The van der Waals surface area contributed by atoms with Crippen LogP contribution in [0.3, 0.4) is 0 Å². The van der Waals surface area contributed by atoms with Gasteiger partial charge in [0.1, 0.15) is 5.82 Å². The lowest BCUT2D eigenvalue weighted by molar-refractivity contribution is -0.127. The van der Waals surface area contributed by atoms with Crippen LogP contribution in [-0.2, 0) is 11.3 Å². The normalized spacial score (nSPS) is 11.0. The first-order valence-corrected chi connectivity index (χ1v) is 11.5. The third kappa shape index (κ3) is 4.83. The highest BCUT2D eigenvalue weighted by molar-refractivity contribution is 7.99. The number of carbonyl (C=O) groups excluding carboxylic acids is 1. The Morgan fingerprint density at radius 2 is 1.67 bits per heavy atom. The summed E-state index contributed by atoms with van der Waals surface area (Å²) < 4.78 is 14.8. The lowest BCUT2D eigenvalue weighted by Crippen LogP contribution is -2.29. The number of thioether (sulfide) groups is 1. The molecule has 0 atom stereocenters. The molecule has 1 amide bonds. The van der Waals surface area contributed by atoms with Crippen molar-refractivity contribution in [1.82, 2.24) is 14.5 Å². The van der Waals surface area contributed by atoms with Crippen LogP contribution in [0.15, 0.2) is 76.7 Å². The molecule has 0 radical (unpaired) electrons. The maximum Gasteiger partial charge on any atom is 0.266 e. The largest absolute Gasteiger partial charge is 0.341 e. The number of halogens is 1. The first-order valence-electron chi connectivity index (χ1n) is 10.5. The van der Waals surface area contributed by atoms with Crippen molar-refractivity contribution >= 4 is 28.6 Å². The fourth-order valence-corrected chi connectivity index (χ4v) is 4.69. The number of carbonyl (C=O) groups is 1. The number of hydrogen-bond donors (Lipinski definition) is 0. The summed E-state index contributed by atoms with van der Waals surface area (Å²) in [5, 5.41) is 1.00. The van der Waals surface area contributed by atoms with E-state index in [1.807, 2.05) is 44.2 Å². The third-order valence-electron chi connectivity index (χ3n) is 5.49. The SMILES string of the molecule is Cc1cccc(C)c1-n1c(SCC(=O)N(C)Cc2ccc(F)cc2)nc2ccccc2c1=O. The van der Waals surface area contributed by atoms with E-state index in [0.29, 0.717) is 22.6 Å². The van der Waals surface area contributed by atoms with E-state index in [4.69, 9.17) is 4.98 Å². The van der Waals surface area contributed by atoms with Gasteiger partial charge < -0.3 is 4.90 Å². The van der Waals surface area contributed by atoms with Crippen molar-refractivity contribution in [2.24, 2.45) is 0 Å². The molecule has 33 heavy (non-hydrogen) atoms. The quantitative estimate of drug-likeness (QED) is 0.303. The predicted octanol–water partition coefficient (Wildman–Crippen LogP) is 4.89. The molecule has 5 nitrogen and oxygen atoms in total. The summed E-state index contributed by atoms with van der Waals surface area (Å²) >= 11 is 1.24. The van der Waals surface area contributed by atoms with Crippen LogP contribution in [-0.4, -0.2) is 33.2 Å². The summed E-state index contributed by atoms with van der Waals surface area (Å²) in [5.74, 6) is -0.303. The van der Waals surface area contributed by atoms with E-state index in [9.17, 15) is 14.0 Å². The Balaban J connectivity index is 1.66. The Labute approximate surface area is 195 Å². The Morgan fingerprint density at radius 3 is 2.36 bits per heavy atom. The van der Waals surface area contributed by atoms with E-state index in [0.717, 1.165) is 22.4 Å². The number of benzene rings is 3. The van der Waals surface area contributed by atoms with Crippen LogP contribution in [0.2, 0.25) is 0 Å². The molecule has 0 saturated heterocycles. The third-order valence-corrected chi connectivity index (χ3v) is 6.41. The van der Waals surface area contributed by atoms with Gasteiger partial charge in [-0.05, 0) is 54.8 Å². The van der Waals surface area contributed by atoms with Gasteiger partial charge in [0.2, 0.25) is 5.91 Å². The van der Waals surface area contributed by atoms with Crippen LogP contribution in [0.5, 0.6) is 0 Å². The van der Waals surface area contributed by atoms with Gasteiger partial charge in [0, 0.05) is 13.6 Å². The number of hydrogen-bond acceptors (Lipinski definition) is 4. The number of aryl methyl sites for hydroxylation is 2. The smallest absolute Gasteiger partial charge is 0.266 e. The maximum atomic E-state index is 13.5. The fraction of sp³-hybridized carbons (Fsp3) is 0.192. The summed E-state index contributed by atoms with van der Waals surface area (Å²) in [6, 6.07) is 19.2. The summed E-state index contributed by atoms with van der Waals surface area (Å²) in [6.07, 6.45) is 0. The van der Waals surface area contributed by atoms with E-state index in [1.165, 1.54) is 23.9 Å². The highest BCUT2D eigenvalue weighted by Crippen LogP contribution is 2.25. The van der Waals surface area contributed by atoms with Crippen molar-refractivity contribution in [3.63, 3.8) is 0 Å². The van der Waals surface area contributed by atoms with Gasteiger partial charge >= 0.3 is 0 Å². The molecule has 1 aromatic heterocycles. The summed E-state index contributed by atoms with van der Waals surface area (Å²) in [6.45, 7) is 4.29. The van der Waals surface area contributed by atoms with E-state index in [2.05, 4.69) is 0 Å². The summed E-state index contributed by atoms with van der Waals surface area (Å²) in [7, 11) is 1.71. The van der Waals surface area contributed by atoms with Gasteiger partial charge in [-0.3, -0.25) is 14.2 Å². The molecule has 0 spiro atoms. The molecule has 0 aliphatic carbocycles. The molecule has 0 fully saturated rings. The lowest BCUT2D eigenvalue weighted by Gasteiger charge is -2.19. The van der Waals surface area contributed by atoms with Crippen LogP contribution in [0.1, 0.15) is 16.7 Å². The van der Waals surface area contributed by atoms with Crippen LogP contribution >= 0.6 is 11.8 Å². The number of rotatable bonds is 6. The average Bonchev–Trinajstić information content (AvgIpc) is 2.80. The molecule has 0 bridgehead atoms. The van der Waals surface area contributed by atoms with Crippen LogP contribution < -0.4 is 5.56 Å². The van der Waals surface area contributed by atoms with E-state index < -0.39 is 0 Å². The molecule has 1 heterocycles. The van der Waals surface area contributed by atoms with Gasteiger partial charge in [0.25, 0.3) is 5.56 Å². The second-order valence-corrected chi connectivity index (χ2v) is 8.90. The minimum atomic E-state index is -0.310. The molecule has 0 aliphatic rings. The predicted molar refractivity (Wildman–Crippen MR) is 130 cm³/mol. The van der Waals surface area contributed by atoms with Gasteiger partial charge in [-0.15, -0.1) is 0 Å². The average molecular weight is 462 g/mol. The second kappa shape index (κ2) is 9.58. The van der Waals surface area contributed by atoms with Gasteiger partial charge in [-0.1, -0.05) is 54.2 Å². The van der Waals surface area contributed by atoms with Gasteiger partial charge in [0.05, 0.1) is 22.3 Å². The monoisotopic (exact) mass is 461 g/mol. The number of fused-ring (bicyclic) bond motifs is 1. The van der Waals surface area contributed by atoms with Gasteiger partial charge in [-0.2, -0.15) is 0 Å². The molecule has 0 unspecified atom stereocenters. The van der Waals surface area contributed by atoms with Crippen LogP contribution in [0, 0.1) is 19.7 Å². The topological polar surface area (TPSA) is 55.2 Å². The van der Waals surface area contributed by atoms with Crippen molar-refractivity contribution in [2.75, 3.05) is 12.8 Å². The van der Waals surface area contributed by atoms with Crippen LogP contribution in [0.4, 0.5) is 4.39 Å². The van der Waals surface area contributed by atoms with Crippen molar-refractivity contribution in [3.05, 3.63) is 99.6 Å². The Bertz CT molecular complexity index is 1360. The zero-order valence-corrected chi connectivity index (χ0v) is 19.5. The highest BCUT2D eigenvalue weighted by atomic mass is 32.2. The molecular weight excluding hydrogens is 437 g/mol. The standard InChI is InChI=1S/C26H24FN3O2S/c1-17-7-6-8-18(2)24(17)30-25(32)21-9-4-5-10-22(21)28-26(30)33-16-23(31)29(3)15-19-11-13-20(27)14-12-19/h4-14H,15-16H2,1-3H3. The Kier molecular flexibility index (Phi) is 6.60. The van der Waals surface area contributed by atoms with Crippen LogP contribution in [0.25, 0.3) is 16.6 Å². The van der Waals surface area contributed by atoms with Crippen molar-refractivity contribution < 1.29 is 9.18 Å². The van der Waals surface area contributed by atoms with Crippen molar-refractivity contribution in [3.8, 4) is 5.69 Å². The molecule has 4 aromatic rings. The Hall–Kier alpha value is -3.45. The van der Waals surface area contributed by atoms with Gasteiger partial charge in [-0.25, -0.2) is 9.37 Å². The number of nitrogens with zero attached hydrogens (tertiary/aromatic N) is 3. The summed E-state index contributed by atoms with van der Waals surface area (Å²) in [4.78, 5) is 32.6. The molecule has 0 saturated carbocycles. The molecule has 168 valence electrons. The number of amides is 1. The highest BCUT2D eigenvalue weighted by Gasteiger charge is 2.18.